The molecule has 3 nitrogen and oxygen atoms in total. The molecule has 1 atom stereocenters. The summed E-state index contributed by atoms with van der Waals surface area (Å²) in [5.41, 5.74) is 0.449. The lowest BCUT2D eigenvalue weighted by atomic mass is 10.0. The topological polar surface area (TPSA) is 29.5 Å². The molecule has 1 aliphatic heterocycles. The average molecular weight is 288 g/mol. The van der Waals surface area contributed by atoms with Gasteiger partial charge < -0.3 is 9.64 Å². The van der Waals surface area contributed by atoms with E-state index in [1.807, 2.05) is 0 Å². The maximum atomic E-state index is 13.6. The quantitative estimate of drug-likeness (QED) is 0.782. The van der Waals surface area contributed by atoms with Gasteiger partial charge in [-0.25, -0.2) is 9.18 Å². The summed E-state index contributed by atoms with van der Waals surface area (Å²) in [4.78, 5) is 13.1. The first kappa shape index (κ1) is 11.4. The molecular weight excluding hydrogens is 277 g/mol. The molecule has 0 saturated carbocycles. The Bertz CT molecular complexity index is 424. The molecular formula is C11H11BrFNO2. The summed E-state index contributed by atoms with van der Waals surface area (Å²) >= 11 is 3.19. The molecule has 5 heteroatoms. The molecule has 0 amide bonds. The van der Waals surface area contributed by atoms with Crippen molar-refractivity contribution in [1.82, 2.24) is 0 Å². The monoisotopic (exact) mass is 287 g/mol. The van der Waals surface area contributed by atoms with Crippen molar-refractivity contribution >= 4 is 27.6 Å². The van der Waals surface area contributed by atoms with Crippen molar-refractivity contribution in [1.29, 1.82) is 0 Å². The summed E-state index contributed by atoms with van der Waals surface area (Å²) in [5.74, 6) is -0.642. The fraction of sp³-hybridized carbons (Fsp3) is 0.364. The first-order chi connectivity index (χ1) is 7.63. The largest absolute Gasteiger partial charge is 0.467 e. The number of carbonyl (C=O) groups is 1. The van der Waals surface area contributed by atoms with Gasteiger partial charge in [0.2, 0.25) is 0 Å². The Morgan fingerprint density at radius 3 is 2.88 bits per heavy atom. The fourth-order valence-electron chi connectivity index (χ4n) is 1.77. The highest BCUT2D eigenvalue weighted by Gasteiger charge is 2.36. The summed E-state index contributed by atoms with van der Waals surface area (Å²) < 4.78 is 19.0. The lowest BCUT2D eigenvalue weighted by molar-refractivity contribution is -0.143. The third-order valence-corrected chi connectivity index (χ3v) is 3.21. The van der Waals surface area contributed by atoms with E-state index < -0.39 is 0 Å². The van der Waals surface area contributed by atoms with Crippen LogP contribution in [0.1, 0.15) is 6.42 Å². The van der Waals surface area contributed by atoms with Gasteiger partial charge >= 0.3 is 5.97 Å². The van der Waals surface area contributed by atoms with Crippen LogP contribution in [0.4, 0.5) is 10.1 Å². The van der Waals surface area contributed by atoms with Gasteiger partial charge in [0.15, 0.2) is 0 Å². The number of methoxy groups -OCH3 is 1. The normalized spacial score (nSPS) is 19.2. The minimum atomic E-state index is -0.347. The Balaban J connectivity index is 2.22. The molecule has 86 valence electrons. The van der Waals surface area contributed by atoms with Gasteiger partial charge in [0.25, 0.3) is 0 Å². The van der Waals surface area contributed by atoms with Gasteiger partial charge in [-0.2, -0.15) is 0 Å². The van der Waals surface area contributed by atoms with Gasteiger partial charge in [-0.3, -0.25) is 0 Å². The number of nitrogens with zero attached hydrogens (tertiary/aromatic N) is 1. The van der Waals surface area contributed by atoms with Gasteiger partial charge in [0.05, 0.1) is 12.8 Å². The van der Waals surface area contributed by atoms with Crippen molar-refractivity contribution in [2.75, 3.05) is 18.6 Å². The van der Waals surface area contributed by atoms with Crippen molar-refractivity contribution < 1.29 is 13.9 Å². The maximum Gasteiger partial charge on any atom is 0.328 e. The standard InChI is InChI=1S/C11H11BrFNO2/c1-16-11(15)10-4-5-14(10)9-3-2-7(12)6-8(9)13/h2-3,6,10H,4-5H2,1H3. The van der Waals surface area contributed by atoms with Crippen LogP contribution in [-0.4, -0.2) is 25.7 Å². The first-order valence-corrected chi connectivity index (χ1v) is 5.72. The van der Waals surface area contributed by atoms with E-state index in [-0.39, 0.29) is 17.8 Å². The zero-order valence-electron chi connectivity index (χ0n) is 8.74. The van der Waals surface area contributed by atoms with Crippen LogP contribution in [0.3, 0.4) is 0 Å². The van der Waals surface area contributed by atoms with Gasteiger partial charge in [-0.05, 0) is 24.6 Å². The van der Waals surface area contributed by atoms with E-state index in [9.17, 15) is 9.18 Å². The Hall–Kier alpha value is -1.10. The van der Waals surface area contributed by atoms with Crippen LogP contribution in [0.5, 0.6) is 0 Å². The SMILES string of the molecule is COC(=O)C1CCN1c1ccc(Br)cc1F. The number of benzene rings is 1. The van der Waals surface area contributed by atoms with Crippen molar-refractivity contribution in [2.24, 2.45) is 0 Å². The first-order valence-electron chi connectivity index (χ1n) is 4.93. The number of hydrogen-bond acceptors (Lipinski definition) is 3. The molecule has 0 aliphatic carbocycles. The molecule has 0 spiro atoms. The molecule has 0 aromatic heterocycles. The Labute approximate surface area is 101 Å². The predicted molar refractivity (Wildman–Crippen MR) is 61.9 cm³/mol. The molecule has 0 radical (unpaired) electrons. The molecule has 0 N–H and O–H groups in total. The second-order valence-electron chi connectivity index (χ2n) is 3.62. The van der Waals surface area contributed by atoms with Crippen LogP contribution in [0.25, 0.3) is 0 Å². The van der Waals surface area contributed by atoms with Gasteiger partial charge in [0.1, 0.15) is 11.9 Å². The second-order valence-corrected chi connectivity index (χ2v) is 4.53. The highest BCUT2D eigenvalue weighted by molar-refractivity contribution is 9.10. The molecule has 1 saturated heterocycles. The van der Waals surface area contributed by atoms with Crippen molar-refractivity contribution in [3.63, 3.8) is 0 Å². The lowest BCUT2D eigenvalue weighted by Gasteiger charge is -2.40. The molecule has 0 bridgehead atoms. The van der Waals surface area contributed by atoms with Crippen LogP contribution in [-0.2, 0) is 9.53 Å². The summed E-state index contributed by atoms with van der Waals surface area (Å²) in [6.45, 7) is 0.679. The Kier molecular flexibility index (Phi) is 3.14. The molecule has 1 fully saturated rings. The minimum Gasteiger partial charge on any atom is -0.467 e. The van der Waals surface area contributed by atoms with Gasteiger partial charge in [-0.1, -0.05) is 15.9 Å². The molecule has 1 heterocycles. The summed E-state index contributed by atoms with van der Waals surface area (Å²) in [6, 6.07) is 4.46. The summed E-state index contributed by atoms with van der Waals surface area (Å²) in [6.07, 6.45) is 0.710. The zero-order valence-corrected chi connectivity index (χ0v) is 10.3. The minimum absolute atomic E-state index is 0.312. The van der Waals surface area contributed by atoms with E-state index in [1.165, 1.54) is 13.2 Å². The van der Waals surface area contributed by atoms with E-state index in [0.29, 0.717) is 23.1 Å². The number of anilines is 1. The molecule has 1 aromatic rings. The van der Waals surface area contributed by atoms with Crippen LogP contribution in [0, 0.1) is 5.82 Å². The third kappa shape index (κ3) is 1.91. The summed E-state index contributed by atoms with van der Waals surface area (Å²) in [5, 5.41) is 0. The lowest BCUT2D eigenvalue weighted by Crippen LogP contribution is -2.53. The highest BCUT2D eigenvalue weighted by Crippen LogP contribution is 2.30. The van der Waals surface area contributed by atoms with Crippen LogP contribution in [0.15, 0.2) is 22.7 Å². The van der Waals surface area contributed by atoms with Crippen molar-refractivity contribution in [3.05, 3.63) is 28.5 Å². The maximum absolute atomic E-state index is 13.6. The number of halogens is 2. The van der Waals surface area contributed by atoms with E-state index >= 15 is 0 Å². The van der Waals surface area contributed by atoms with Crippen molar-refractivity contribution in [2.45, 2.75) is 12.5 Å². The highest BCUT2D eigenvalue weighted by atomic mass is 79.9. The van der Waals surface area contributed by atoms with E-state index in [0.717, 1.165) is 0 Å². The number of ether oxygens (including phenoxy) is 1. The second kappa shape index (κ2) is 4.41. The van der Waals surface area contributed by atoms with Crippen LogP contribution < -0.4 is 4.90 Å². The number of rotatable bonds is 2. The van der Waals surface area contributed by atoms with E-state index in [2.05, 4.69) is 20.7 Å². The number of carbonyl (C=O) groups excluding carboxylic acids is 1. The Morgan fingerprint density at radius 1 is 1.62 bits per heavy atom. The smallest absolute Gasteiger partial charge is 0.328 e. The van der Waals surface area contributed by atoms with Crippen LogP contribution in [0.2, 0.25) is 0 Å². The Morgan fingerprint density at radius 2 is 2.38 bits per heavy atom. The van der Waals surface area contributed by atoms with E-state index in [1.54, 1.807) is 17.0 Å². The molecule has 1 unspecified atom stereocenters. The summed E-state index contributed by atoms with van der Waals surface area (Å²) in [7, 11) is 1.34. The zero-order chi connectivity index (χ0) is 11.7. The van der Waals surface area contributed by atoms with Crippen molar-refractivity contribution in [3.8, 4) is 0 Å². The van der Waals surface area contributed by atoms with Gasteiger partial charge in [0, 0.05) is 11.0 Å². The predicted octanol–water partition coefficient (Wildman–Crippen LogP) is 2.34. The molecule has 16 heavy (non-hydrogen) atoms. The number of hydrogen-bond donors (Lipinski definition) is 0. The van der Waals surface area contributed by atoms with E-state index in [4.69, 9.17) is 0 Å². The molecule has 1 aliphatic rings. The average Bonchev–Trinajstić information content (AvgIpc) is 2.20. The van der Waals surface area contributed by atoms with Crippen LogP contribution >= 0.6 is 15.9 Å². The third-order valence-electron chi connectivity index (χ3n) is 2.71. The van der Waals surface area contributed by atoms with Gasteiger partial charge in [-0.15, -0.1) is 0 Å². The number of esters is 1. The molecule has 1 aromatic carbocycles. The molecule has 2 rings (SSSR count). The fourth-order valence-corrected chi connectivity index (χ4v) is 2.10.